The smallest absolute Gasteiger partial charge is 0.338 e. The monoisotopic (exact) mass is 272 g/mol. The first-order chi connectivity index (χ1) is 8.91. The minimum atomic E-state index is -4.40. The average Bonchev–Trinajstić information content (AvgIpc) is 2.70. The molecule has 0 saturated carbocycles. The van der Waals surface area contributed by atoms with Crippen LogP contribution < -0.4 is 5.73 Å². The van der Waals surface area contributed by atoms with Crippen molar-refractivity contribution in [1.82, 2.24) is 4.90 Å². The number of nitrogens with two attached hydrogens (primary N) is 1. The molecule has 1 aliphatic rings. The van der Waals surface area contributed by atoms with Gasteiger partial charge in [-0.25, -0.2) is 0 Å². The molecule has 19 heavy (non-hydrogen) atoms. The Hall–Kier alpha value is -1.56. The second-order valence-corrected chi connectivity index (χ2v) is 4.74. The van der Waals surface area contributed by atoms with Gasteiger partial charge in [-0.05, 0) is 24.1 Å². The van der Waals surface area contributed by atoms with Gasteiger partial charge >= 0.3 is 6.18 Å². The molecule has 2 rings (SSSR count). The molecule has 0 aromatic heterocycles. The zero-order valence-electron chi connectivity index (χ0n) is 10.3. The summed E-state index contributed by atoms with van der Waals surface area (Å²) in [7, 11) is 0. The number of amides is 1. The fraction of sp³-hybridized carbons (Fsp3) is 0.462. The lowest BCUT2D eigenvalue weighted by Gasteiger charge is -2.19. The largest absolute Gasteiger partial charge is 0.416 e. The summed E-state index contributed by atoms with van der Waals surface area (Å²) in [6.45, 7) is 0.801. The molecule has 1 fully saturated rings. The predicted molar refractivity (Wildman–Crippen MR) is 64.0 cm³/mol. The molecular weight excluding hydrogens is 257 g/mol. The Balaban J connectivity index is 2.18. The molecule has 2 N–H and O–H groups in total. The molecule has 1 saturated heterocycles. The summed E-state index contributed by atoms with van der Waals surface area (Å²) in [5, 5.41) is 0. The third-order valence-electron chi connectivity index (χ3n) is 3.31. The number of alkyl halides is 3. The molecule has 6 heteroatoms. The number of benzene rings is 1. The maximum atomic E-state index is 12.8. The summed E-state index contributed by atoms with van der Waals surface area (Å²) in [6, 6.07) is 5.34. The Bertz CT molecular complexity index is 473. The van der Waals surface area contributed by atoms with E-state index in [4.69, 9.17) is 5.73 Å². The second-order valence-electron chi connectivity index (χ2n) is 4.74. The van der Waals surface area contributed by atoms with Crippen LogP contribution in [-0.2, 0) is 17.5 Å². The molecule has 0 aliphatic carbocycles. The molecule has 1 aromatic carbocycles. The van der Waals surface area contributed by atoms with E-state index in [1.807, 2.05) is 0 Å². The summed E-state index contributed by atoms with van der Waals surface area (Å²) >= 11 is 0. The topological polar surface area (TPSA) is 46.3 Å². The van der Waals surface area contributed by atoms with Gasteiger partial charge in [-0.3, -0.25) is 4.79 Å². The quantitative estimate of drug-likeness (QED) is 0.915. The van der Waals surface area contributed by atoms with Crippen LogP contribution in [0.4, 0.5) is 13.2 Å². The minimum Gasteiger partial charge on any atom is -0.338 e. The van der Waals surface area contributed by atoms with Crippen LogP contribution in [0.3, 0.4) is 0 Å². The van der Waals surface area contributed by atoms with E-state index in [-0.39, 0.29) is 23.9 Å². The minimum absolute atomic E-state index is 0.00891. The van der Waals surface area contributed by atoms with Gasteiger partial charge in [0.25, 0.3) is 0 Å². The third kappa shape index (κ3) is 3.07. The number of carbonyl (C=O) groups is 1. The summed E-state index contributed by atoms with van der Waals surface area (Å²) in [6.07, 6.45) is -4.07. The molecule has 1 aliphatic heterocycles. The molecule has 0 spiro atoms. The highest BCUT2D eigenvalue weighted by Crippen LogP contribution is 2.33. The lowest BCUT2D eigenvalue weighted by Crippen LogP contribution is -2.27. The highest BCUT2D eigenvalue weighted by molar-refractivity contribution is 5.78. The molecular formula is C13H15F3N2O. The van der Waals surface area contributed by atoms with Crippen LogP contribution in [0, 0.1) is 5.92 Å². The van der Waals surface area contributed by atoms with E-state index in [1.165, 1.54) is 17.0 Å². The Morgan fingerprint density at radius 2 is 2.00 bits per heavy atom. The first kappa shape index (κ1) is 13.9. The molecule has 0 radical (unpaired) electrons. The van der Waals surface area contributed by atoms with Gasteiger partial charge in [0.05, 0.1) is 5.56 Å². The van der Waals surface area contributed by atoms with Crippen LogP contribution in [-0.4, -0.2) is 23.9 Å². The molecule has 1 atom stereocenters. The lowest BCUT2D eigenvalue weighted by atomic mass is 10.1. The van der Waals surface area contributed by atoms with Crippen molar-refractivity contribution < 1.29 is 18.0 Å². The number of carbonyl (C=O) groups excluding carboxylic acids is 1. The van der Waals surface area contributed by atoms with E-state index in [9.17, 15) is 18.0 Å². The molecule has 1 unspecified atom stereocenters. The Labute approximate surface area is 109 Å². The van der Waals surface area contributed by atoms with Crippen LogP contribution >= 0.6 is 0 Å². The van der Waals surface area contributed by atoms with Crippen molar-refractivity contribution in [1.29, 1.82) is 0 Å². The van der Waals surface area contributed by atoms with E-state index < -0.39 is 11.7 Å². The maximum absolute atomic E-state index is 12.8. The number of nitrogens with zero attached hydrogens (tertiary/aromatic N) is 1. The van der Waals surface area contributed by atoms with Gasteiger partial charge in [-0.15, -0.1) is 0 Å². The highest BCUT2D eigenvalue weighted by Gasteiger charge is 2.35. The molecule has 3 nitrogen and oxygen atoms in total. The number of hydrogen-bond acceptors (Lipinski definition) is 2. The van der Waals surface area contributed by atoms with Crippen LogP contribution in [0.15, 0.2) is 24.3 Å². The summed E-state index contributed by atoms with van der Waals surface area (Å²) in [4.78, 5) is 13.1. The van der Waals surface area contributed by atoms with Crippen LogP contribution in [0.25, 0.3) is 0 Å². The van der Waals surface area contributed by atoms with Gasteiger partial charge in [0.15, 0.2) is 0 Å². The van der Waals surface area contributed by atoms with Crippen molar-refractivity contribution in [3.63, 3.8) is 0 Å². The maximum Gasteiger partial charge on any atom is 0.416 e. The van der Waals surface area contributed by atoms with Crippen LogP contribution in [0.5, 0.6) is 0 Å². The molecule has 1 heterocycles. The summed E-state index contributed by atoms with van der Waals surface area (Å²) < 4.78 is 38.5. The van der Waals surface area contributed by atoms with Crippen molar-refractivity contribution in [2.45, 2.75) is 19.1 Å². The molecule has 1 aromatic rings. The van der Waals surface area contributed by atoms with Crippen molar-refractivity contribution in [2.75, 3.05) is 13.1 Å². The van der Waals surface area contributed by atoms with Crippen molar-refractivity contribution in [2.24, 2.45) is 11.7 Å². The van der Waals surface area contributed by atoms with E-state index in [0.29, 0.717) is 19.5 Å². The standard InChI is InChI=1S/C13H15F3N2O/c14-13(15,16)11-4-2-1-3-10(11)8-18-7-9(6-17)5-12(18)19/h1-4,9H,5-8,17H2. The van der Waals surface area contributed by atoms with Crippen molar-refractivity contribution in [3.05, 3.63) is 35.4 Å². The number of halogens is 3. The van der Waals surface area contributed by atoms with E-state index >= 15 is 0 Å². The third-order valence-corrected chi connectivity index (χ3v) is 3.31. The normalized spacial score (nSPS) is 20.1. The van der Waals surface area contributed by atoms with E-state index in [2.05, 4.69) is 0 Å². The van der Waals surface area contributed by atoms with Crippen molar-refractivity contribution >= 4 is 5.91 Å². The van der Waals surface area contributed by atoms with Crippen molar-refractivity contribution in [3.8, 4) is 0 Å². The van der Waals surface area contributed by atoms with E-state index in [0.717, 1.165) is 6.07 Å². The average molecular weight is 272 g/mol. The van der Waals surface area contributed by atoms with Gasteiger partial charge in [0.2, 0.25) is 5.91 Å². The summed E-state index contributed by atoms with van der Waals surface area (Å²) in [5.74, 6) is -0.0852. The SMILES string of the molecule is NCC1CC(=O)N(Cc2ccccc2C(F)(F)F)C1. The second kappa shape index (κ2) is 5.21. The number of likely N-dealkylation sites (tertiary alicyclic amines) is 1. The zero-order chi connectivity index (χ0) is 14.0. The fourth-order valence-electron chi connectivity index (χ4n) is 2.31. The van der Waals surface area contributed by atoms with E-state index in [1.54, 1.807) is 6.07 Å². The van der Waals surface area contributed by atoms with Gasteiger partial charge in [-0.1, -0.05) is 18.2 Å². The first-order valence-electron chi connectivity index (χ1n) is 6.04. The Morgan fingerprint density at radius 1 is 1.32 bits per heavy atom. The Kier molecular flexibility index (Phi) is 3.80. The zero-order valence-corrected chi connectivity index (χ0v) is 10.3. The first-order valence-corrected chi connectivity index (χ1v) is 6.04. The van der Waals surface area contributed by atoms with Gasteiger partial charge in [-0.2, -0.15) is 13.2 Å². The lowest BCUT2D eigenvalue weighted by molar-refractivity contribution is -0.139. The molecule has 104 valence electrons. The molecule has 0 bridgehead atoms. The van der Waals surface area contributed by atoms with Gasteiger partial charge in [0, 0.05) is 19.5 Å². The highest BCUT2D eigenvalue weighted by atomic mass is 19.4. The predicted octanol–water partition coefficient (Wildman–Crippen LogP) is 2.01. The summed E-state index contributed by atoms with van der Waals surface area (Å²) in [5.41, 5.74) is 4.94. The van der Waals surface area contributed by atoms with Gasteiger partial charge in [0.1, 0.15) is 0 Å². The fourth-order valence-corrected chi connectivity index (χ4v) is 2.31. The number of rotatable bonds is 3. The van der Waals surface area contributed by atoms with Crippen LogP contribution in [0.2, 0.25) is 0 Å². The number of hydrogen-bond donors (Lipinski definition) is 1. The van der Waals surface area contributed by atoms with Crippen LogP contribution in [0.1, 0.15) is 17.5 Å². The Morgan fingerprint density at radius 3 is 2.58 bits per heavy atom. The molecule has 1 amide bonds. The van der Waals surface area contributed by atoms with Gasteiger partial charge < -0.3 is 10.6 Å².